The van der Waals surface area contributed by atoms with Gasteiger partial charge in [0.05, 0.1) is 29.5 Å². The van der Waals surface area contributed by atoms with Crippen LogP contribution in [0.1, 0.15) is 6.42 Å². The number of amides is 1. The summed E-state index contributed by atoms with van der Waals surface area (Å²) in [5.74, 6) is 0.767. The number of piperazine rings is 1. The second kappa shape index (κ2) is 10.0. The summed E-state index contributed by atoms with van der Waals surface area (Å²) in [5.41, 5.74) is 1.21. The lowest BCUT2D eigenvalue weighted by atomic mass is 10.2. The van der Waals surface area contributed by atoms with E-state index in [0.717, 1.165) is 31.9 Å². The van der Waals surface area contributed by atoms with Crippen molar-refractivity contribution in [1.82, 2.24) is 25.1 Å². The van der Waals surface area contributed by atoms with Crippen molar-refractivity contribution >= 4 is 23.2 Å². The fourth-order valence-electron chi connectivity index (χ4n) is 3.66. The number of nitrogens with one attached hydrogen (secondary N) is 1. The van der Waals surface area contributed by atoms with Crippen molar-refractivity contribution < 1.29 is 14.5 Å². The maximum atomic E-state index is 12.4. The number of benzene rings is 2. The topological polar surface area (TPSA) is 132 Å². The van der Waals surface area contributed by atoms with Crippen LogP contribution in [0, 0.1) is 10.1 Å². The Balaban J connectivity index is 1.28. The molecule has 1 amide bonds. The van der Waals surface area contributed by atoms with E-state index in [1.807, 2.05) is 30.3 Å². The molecule has 12 heteroatoms. The molecule has 0 radical (unpaired) electrons. The number of aromatic nitrogens is 4. The minimum Gasteiger partial charge on any atom is -0.494 e. The quantitative estimate of drug-likeness (QED) is 0.401. The number of hydrogen-bond donors (Lipinski definition) is 1. The third-order valence-corrected chi connectivity index (χ3v) is 5.43. The Morgan fingerprint density at radius 2 is 1.91 bits per heavy atom. The molecule has 1 aliphatic rings. The highest BCUT2D eigenvalue weighted by Gasteiger charge is 2.23. The number of para-hydroxylation sites is 1. The average molecular weight is 452 g/mol. The van der Waals surface area contributed by atoms with Gasteiger partial charge < -0.3 is 15.0 Å². The number of methoxy groups -OCH3 is 1. The summed E-state index contributed by atoms with van der Waals surface area (Å²) in [5, 5.41) is 25.8. The van der Waals surface area contributed by atoms with Crippen molar-refractivity contribution in [2.45, 2.75) is 6.42 Å². The van der Waals surface area contributed by atoms with Crippen LogP contribution < -0.4 is 15.0 Å². The summed E-state index contributed by atoms with van der Waals surface area (Å²) in [7, 11) is 1.41. The molecule has 0 aliphatic carbocycles. The molecule has 172 valence electrons. The molecule has 2 aromatic carbocycles. The first-order valence-electron chi connectivity index (χ1n) is 10.5. The number of ether oxygens (including phenoxy) is 1. The van der Waals surface area contributed by atoms with Crippen LogP contribution in [0.2, 0.25) is 0 Å². The maximum Gasteiger partial charge on any atom is 0.273 e. The van der Waals surface area contributed by atoms with Crippen molar-refractivity contribution in [3.05, 3.63) is 58.6 Å². The van der Waals surface area contributed by atoms with Crippen LogP contribution in [0.25, 0.3) is 5.69 Å². The largest absolute Gasteiger partial charge is 0.494 e. The molecule has 0 spiro atoms. The Morgan fingerprint density at radius 1 is 1.15 bits per heavy atom. The van der Waals surface area contributed by atoms with E-state index in [-0.39, 0.29) is 17.3 Å². The van der Waals surface area contributed by atoms with E-state index in [1.165, 1.54) is 25.3 Å². The van der Waals surface area contributed by atoms with Crippen molar-refractivity contribution in [2.75, 3.05) is 50.1 Å². The molecule has 1 fully saturated rings. The minimum absolute atomic E-state index is 0.0963. The lowest BCUT2D eigenvalue weighted by Crippen LogP contribution is -2.47. The molecular weight excluding hydrogens is 428 g/mol. The highest BCUT2D eigenvalue weighted by atomic mass is 16.6. The van der Waals surface area contributed by atoms with Crippen LogP contribution in [0.3, 0.4) is 0 Å². The number of rotatable bonds is 8. The zero-order chi connectivity index (χ0) is 23.2. The summed E-state index contributed by atoms with van der Waals surface area (Å²) in [6.07, 6.45) is 0.294. The van der Waals surface area contributed by atoms with Crippen LogP contribution >= 0.6 is 0 Å². The van der Waals surface area contributed by atoms with E-state index in [0.29, 0.717) is 24.6 Å². The third-order valence-electron chi connectivity index (χ3n) is 5.43. The molecule has 0 bridgehead atoms. The van der Waals surface area contributed by atoms with Crippen LogP contribution in [-0.2, 0) is 4.79 Å². The molecule has 2 heterocycles. The Hall–Kier alpha value is -4.06. The Labute approximate surface area is 189 Å². The first-order valence-corrected chi connectivity index (χ1v) is 10.5. The van der Waals surface area contributed by atoms with E-state index >= 15 is 0 Å². The summed E-state index contributed by atoms with van der Waals surface area (Å²) < 4.78 is 6.89. The SMILES string of the molecule is COc1cc([N+](=O)[O-])ccc1NC(=O)CCN1CCN(c2nnnn2-c2ccccc2)CC1. The first-order chi connectivity index (χ1) is 16.0. The standard InChI is InChI=1S/C21H24N8O4/c1-33-19-15-17(29(31)32)7-8-18(19)22-20(30)9-10-26-11-13-27(14-12-26)21-23-24-25-28(21)16-5-3-2-4-6-16/h2-8,15H,9-14H2,1H3,(H,22,30). The second-order valence-electron chi connectivity index (χ2n) is 7.49. The molecule has 1 N–H and O–H groups in total. The first kappa shape index (κ1) is 22.1. The van der Waals surface area contributed by atoms with Crippen molar-refractivity contribution in [3.63, 3.8) is 0 Å². The Morgan fingerprint density at radius 3 is 2.61 bits per heavy atom. The van der Waals surface area contributed by atoms with Gasteiger partial charge in [0, 0.05) is 45.2 Å². The predicted octanol–water partition coefficient (Wildman–Crippen LogP) is 1.73. The monoisotopic (exact) mass is 452 g/mol. The molecule has 1 aromatic heterocycles. The van der Waals surface area contributed by atoms with Gasteiger partial charge in [-0.2, -0.15) is 4.68 Å². The second-order valence-corrected chi connectivity index (χ2v) is 7.49. The number of hydrogen-bond acceptors (Lipinski definition) is 9. The van der Waals surface area contributed by atoms with Gasteiger partial charge in [0.15, 0.2) is 0 Å². The van der Waals surface area contributed by atoms with Gasteiger partial charge in [-0.1, -0.05) is 23.3 Å². The van der Waals surface area contributed by atoms with Gasteiger partial charge >= 0.3 is 0 Å². The van der Waals surface area contributed by atoms with E-state index in [1.54, 1.807) is 4.68 Å². The molecule has 0 unspecified atom stereocenters. The molecule has 1 aliphatic heterocycles. The summed E-state index contributed by atoms with van der Waals surface area (Å²) in [4.78, 5) is 27.2. The zero-order valence-electron chi connectivity index (χ0n) is 18.1. The van der Waals surface area contributed by atoms with E-state index in [4.69, 9.17) is 4.74 Å². The van der Waals surface area contributed by atoms with Gasteiger partial charge in [-0.05, 0) is 28.6 Å². The highest BCUT2D eigenvalue weighted by Crippen LogP contribution is 2.29. The average Bonchev–Trinajstić information content (AvgIpc) is 3.34. The lowest BCUT2D eigenvalue weighted by Gasteiger charge is -2.34. The van der Waals surface area contributed by atoms with Crippen molar-refractivity contribution in [3.8, 4) is 11.4 Å². The van der Waals surface area contributed by atoms with Crippen molar-refractivity contribution in [2.24, 2.45) is 0 Å². The zero-order valence-corrected chi connectivity index (χ0v) is 18.1. The summed E-state index contributed by atoms with van der Waals surface area (Å²) in [6.45, 7) is 3.63. The summed E-state index contributed by atoms with van der Waals surface area (Å²) in [6, 6.07) is 13.8. The lowest BCUT2D eigenvalue weighted by molar-refractivity contribution is -0.384. The van der Waals surface area contributed by atoms with Crippen LogP contribution in [0.15, 0.2) is 48.5 Å². The number of carbonyl (C=O) groups is 1. The molecule has 33 heavy (non-hydrogen) atoms. The van der Waals surface area contributed by atoms with Crippen LogP contribution in [0.5, 0.6) is 5.75 Å². The molecule has 12 nitrogen and oxygen atoms in total. The number of carbonyl (C=O) groups excluding carboxylic acids is 1. The molecular formula is C21H24N8O4. The van der Waals surface area contributed by atoms with Gasteiger partial charge in [0.1, 0.15) is 5.75 Å². The fourth-order valence-corrected chi connectivity index (χ4v) is 3.66. The predicted molar refractivity (Wildman–Crippen MR) is 121 cm³/mol. The highest BCUT2D eigenvalue weighted by molar-refractivity contribution is 5.92. The fraction of sp³-hybridized carbons (Fsp3) is 0.333. The van der Waals surface area contributed by atoms with Gasteiger partial charge in [-0.25, -0.2) is 0 Å². The molecule has 0 saturated carbocycles. The number of nitrogens with zero attached hydrogens (tertiary/aromatic N) is 7. The molecule has 3 aromatic rings. The Kier molecular flexibility index (Phi) is 6.74. The minimum atomic E-state index is -0.508. The Bertz CT molecular complexity index is 1110. The molecule has 1 saturated heterocycles. The van der Waals surface area contributed by atoms with E-state index in [9.17, 15) is 14.9 Å². The van der Waals surface area contributed by atoms with E-state index < -0.39 is 4.92 Å². The normalized spacial score (nSPS) is 14.2. The van der Waals surface area contributed by atoms with Gasteiger partial charge in [-0.3, -0.25) is 19.8 Å². The number of anilines is 2. The number of non-ortho nitro benzene ring substituents is 1. The van der Waals surface area contributed by atoms with E-state index in [2.05, 4.69) is 30.6 Å². The number of nitro groups is 1. The summed E-state index contributed by atoms with van der Waals surface area (Å²) >= 11 is 0. The van der Waals surface area contributed by atoms with Crippen LogP contribution in [0.4, 0.5) is 17.3 Å². The van der Waals surface area contributed by atoms with Crippen molar-refractivity contribution in [1.29, 1.82) is 0 Å². The van der Waals surface area contributed by atoms with Gasteiger partial charge in [-0.15, -0.1) is 0 Å². The van der Waals surface area contributed by atoms with Gasteiger partial charge in [0.2, 0.25) is 11.9 Å². The maximum absolute atomic E-state index is 12.4. The molecule has 0 atom stereocenters. The van der Waals surface area contributed by atoms with Gasteiger partial charge in [0.25, 0.3) is 5.69 Å². The number of nitro benzene ring substituents is 1. The number of tetrazole rings is 1. The van der Waals surface area contributed by atoms with Crippen LogP contribution in [-0.4, -0.2) is 75.8 Å². The smallest absolute Gasteiger partial charge is 0.273 e. The third kappa shape index (κ3) is 5.23. The molecule has 4 rings (SSSR count).